The van der Waals surface area contributed by atoms with E-state index in [1.54, 1.807) is 0 Å². The van der Waals surface area contributed by atoms with Gasteiger partial charge in [-0.25, -0.2) is 0 Å². The maximum absolute atomic E-state index is 7.21. The molecule has 3 unspecified atom stereocenters. The number of fused-ring (bicyclic) bond motifs is 2. The monoisotopic (exact) mass is 209 g/mol. The minimum absolute atomic E-state index is 0.315. The average Bonchev–Trinajstić information content (AvgIpc) is 2.76. The Bertz CT molecular complexity index is 239. The van der Waals surface area contributed by atoms with E-state index in [1.807, 2.05) is 0 Å². The van der Waals surface area contributed by atoms with Crippen LogP contribution in [0.1, 0.15) is 32.1 Å². The van der Waals surface area contributed by atoms with Crippen molar-refractivity contribution in [3.05, 3.63) is 0 Å². The summed E-state index contributed by atoms with van der Waals surface area (Å²) in [6, 6.07) is 0. The van der Waals surface area contributed by atoms with Crippen molar-refractivity contribution in [3.63, 3.8) is 0 Å². The van der Waals surface area contributed by atoms with Gasteiger partial charge in [0.25, 0.3) is 0 Å². The second-order valence-corrected chi connectivity index (χ2v) is 5.47. The van der Waals surface area contributed by atoms with Crippen LogP contribution in [0.5, 0.6) is 0 Å². The van der Waals surface area contributed by atoms with Crippen LogP contribution >= 0.6 is 0 Å². The van der Waals surface area contributed by atoms with Crippen LogP contribution in [0.3, 0.4) is 0 Å². The lowest BCUT2D eigenvalue weighted by Gasteiger charge is -2.27. The SMILES string of the molecule is CN(CCC(=N)N)CC1CC2CCC1C2. The standard InChI is InChI=1S/C12H23N3/c1-15(5-4-12(13)14)8-11-7-9-2-3-10(11)6-9/h9-11H,2-8H2,1H3,(H3,13,14). The molecule has 3 nitrogen and oxygen atoms in total. The van der Waals surface area contributed by atoms with Crippen molar-refractivity contribution in [1.29, 1.82) is 5.41 Å². The average molecular weight is 209 g/mol. The van der Waals surface area contributed by atoms with Crippen LogP contribution in [0.4, 0.5) is 0 Å². The number of hydrogen-bond donors (Lipinski definition) is 2. The Kier molecular flexibility index (Phi) is 3.29. The lowest BCUT2D eigenvalue weighted by Crippen LogP contribution is -2.31. The van der Waals surface area contributed by atoms with Gasteiger partial charge in [0.2, 0.25) is 0 Å². The molecule has 0 radical (unpaired) electrons. The van der Waals surface area contributed by atoms with Crippen LogP contribution < -0.4 is 5.73 Å². The lowest BCUT2D eigenvalue weighted by atomic mass is 9.88. The molecule has 0 aromatic rings. The van der Waals surface area contributed by atoms with Crippen molar-refractivity contribution in [1.82, 2.24) is 4.90 Å². The fourth-order valence-corrected chi connectivity index (χ4v) is 3.40. The zero-order chi connectivity index (χ0) is 10.8. The molecule has 2 fully saturated rings. The fourth-order valence-electron chi connectivity index (χ4n) is 3.40. The van der Waals surface area contributed by atoms with Crippen molar-refractivity contribution in [2.24, 2.45) is 23.5 Å². The molecule has 2 rings (SSSR count). The van der Waals surface area contributed by atoms with Gasteiger partial charge in [0.05, 0.1) is 5.84 Å². The Balaban J connectivity index is 1.70. The maximum Gasteiger partial charge on any atom is 0.0918 e. The highest BCUT2D eigenvalue weighted by molar-refractivity contribution is 5.76. The highest BCUT2D eigenvalue weighted by Crippen LogP contribution is 2.48. The Morgan fingerprint density at radius 2 is 2.20 bits per heavy atom. The largest absolute Gasteiger partial charge is 0.388 e. The Labute approximate surface area is 92.5 Å². The molecule has 86 valence electrons. The molecule has 0 saturated heterocycles. The van der Waals surface area contributed by atoms with Gasteiger partial charge in [-0.15, -0.1) is 0 Å². The Morgan fingerprint density at radius 3 is 2.73 bits per heavy atom. The summed E-state index contributed by atoms with van der Waals surface area (Å²) in [7, 11) is 2.16. The second kappa shape index (κ2) is 4.52. The molecule has 0 aromatic heterocycles. The summed E-state index contributed by atoms with van der Waals surface area (Å²) in [4.78, 5) is 2.35. The zero-order valence-electron chi connectivity index (χ0n) is 9.71. The van der Waals surface area contributed by atoms with E-state index in [2.05, 4.69) is 11.9 Å². The summed E-state index contributed by atoms with van der Waals surface area (Å²) in [6.07, 6.45) is 6.62. The quantitative estimate of drug-likeness (QED) is 0.534. The number of hydrogen-bond acceptors (Lipinski definition) is 2. The molecular weight excluding hydrogens is 186 g/mol. The summed E-state index contributed by atoms with van der Waals surface area (Å²) >= 11 is 0. The summed E-state index contributed by atoms with van der Waals surface area (Å²) in [6.45, 7) is 2.16. The van der Waals surface area contributed by atoms with Gasteiger partial charge in [-0.1, -0.05) is 6.42 Å². The first-order valence-corrected chi connectivity index (χ1v) is 6.16. The third-order valence-electron chi connectivity index (χ3n) is 4.19. The first-order valence-electron chi connectivity index (χ1n) is 6.16. The number of nitrogens with zero attached hydrogens (tertiary/aromatic N) is 1. The number of nitrogens with one attached hydrogen (secondary N) is 1. The molecule has 0 aromatic carbocycles. The van der Waals surface area contributed by atoms with E-state index in [9.17, 15) is 0 Å². The maximum atomic E-state index is 7.21. The van der Waals surface area contributed by atoms with Crippen LogP contribution in [0, 0.1) is 23.2 Å². The van der Waals surface area contributed by atoms with Crippen molar-refractivity contribution < 1.29 is 0 Å². The van der Waals surface area contributed by atoms with E-state index >= 15 is 0 Å². The summed E-state index contributed by atoms with van der Waals surface area (Å²) in [5.41, 5.74) is 5.37. The minimum Gasteiger partial charge on any atom is -0.388 e. The van der Waals surface area contributed by atoms with Crippen molar-refractivity contribution >= 4 is 5.84 Å². The Morgan fingerprint density at radius 1 is 1.40 bits per heavy atom. The molecule has 3 N–H and O–H groups in total. The molecule has 0 spiro atoms. The smallest absolute Gasteiger partial charge is 0.0918 e. The first kappa shape index (κ1) is 10.9. The minimum atomic E-state index is 0.315. The van der Waals surface area contributed by atoms with Gasteiger partial charge in [-0.05, 0) is 44.1 Å². The fraction of sp³-hybridized carbons (Fsp3) is 0.917. The topological polar surface area (TPSA) is 53.1 Å². The van der Waals surface area contributed by atoms with E-state index in [0.717, 1.165) is 30.7 Å². The first-order chi connectivity index (χ1) is 7.15. The van der Waals surface area contributed by atoms with Crippen LogP contribution in [0.2, 0.25) is 0 Å². The highest BCUT2D eigenvalue weighted by atomic mass is 15.1. The molecule has 0 heterocycles. The van der Waals surface area contributed by atoms with E-state index in [4.69, 9.17) is 11.1 Å². The van der Waals surface area contributed by atoms with Crippen LogP contribution in [0.15, 0.2) is 0 Å². The summed E-state index contributed by atoms with van der Waals surface area (Å²) in [5.74, 6) is 3.30. The van der Waals surface area contributed by atoms with E-state index < -0.39 is 0 Å². The molecule has 0 aliphatic heterocycles. The molecule has 2 aliphatic rings. The molecule has 2 aliphatic carbocycles. The van der Waals surface area contributed by atoms with Crippen LogP contribution in [-0.4, -0.2) is 30.9 Å². The summed E-state index contributed by atoms with van der Waals surface area (Å²) in [5, 5.41) is 7.21. The third-order valence-corrected chi connectivity index (χ3v) is 4.19. The molecule has 0 amide bonds. The van der Waals surface area contributed by atoms with E-state index in [0.29, 0.717) is 5.84 Å². The summed E-state index contributed by atoms with van der Waals surface area (Å²) < 4.78 is 0. The molecular formula is C12H23N3. The van der Waals surface area contributed by atoms with E-state index in [1.165, 1.54) is 32.2 Å². The number of rotatable bonds is 5. The predicted octanol–water partition coefficient (Wildman–Crippen LogP) is 1.68. The normalized spacial score (nSPS) is 33.9. The van der Waals surface area contributed by atoms with Crippen molar-refractivity contribution in [2.45, 2.75) is 32.1 Å². The van der Waals surface area contributed by atoms with E-state index in [-0.39, 0.29) is 0 Å². The third kappa shape index (κ3) is 2.71. The van der Waals surface area contributed by atoms with Gasteiger partial charge in [-0.2, -0.15) is 0 Å². The highest BCUT2D eigenvalue weighted by Gasteiger charge is 2.39. The van der Waals surface area contributed by atoms with Gasteiger partial charge in [-0.3, -0.25) is 5.41 Å². The van der Waals surface area contributed by atoms with Gasteiger partial charge in [0, 0.05) is 19.5 Å². The van der Waals surface area contributed by atoms with Gasteiger partial charge >= 0.3 is 0 Å². The number of amidine groups is 1. The van der Waals surface area contributed by atoms with Gasteiger partial charge < -0.3 is 10.6 Å². The zero-order valence-corrected chi connectivity index (χ0v) is 9.71. The van der Waals surface area contributed by atoms with Crippen LogP contribution in [-0.2, 0) is 0 Å². The van der Waals surface area contributed by atoms with Gasteiger partial charge in [0.15, 0.2) is 0 Å². The predicted molar refractivity (Wildman–Crippen MR) is 63.0 cm³/mol. The van der Waals surface area contributed by atoms with Gasteiger partial charge in [0.1, 0.15) is 0 Å². The van der Waals surface area contributed by atoms with Crippen molar-refractivity contribution in [3.8, 4) is 0 Å². The van der Waals surface area contributed by atoms with Crippen molar-refractivity contribution in [2.75, 3.05) is 20.1 Å². The molecule has 3 atom stereocenters. The molecule has 2 bridgehead atoms. The lowest BCUT2D eigenvalue weighted by molar-refractivity contribution is 0.223. The van der Waals surface area contributed by atoms with Crippen LogP contribution in [0.25, 0.3) is 0 Å². The second-order valence-electron chi connectivity index (χ2n) is 5.47. The Hall–Kier alpha value is -0.570. The molecule has 15 heavy (non-hydrogen) atoms. The number of nitrogens with two attached hydrogens (primary N) is 1. The molecule has 3 heteroatoms. The molecule has 2 saturated carbocycles.